The smallest absolute Gasteiger partial charge is 0.235 e. The van der Waals surface area contributed by atoms with E-state index < -0.39 is 0 Å². The monoisotopic (exact) mass is 411 g/mol. The predicted molar refractivity (Wildman–Crippen MR) is 111 cm³/mol. The number of allylic oxidation sites excluding steroid dienone is 1. The lowest BCUT2D eigenvalue weighted by Gasteiger charge is -2.08. The zero-order chi connectivity index (χ0) is 19.9. The van der Waals surface area contributed by atoms with Crippen LogP contribution >= 0.6 is 23.1 Å². The Hall–Kier alpha value is -3.09. The van der Waals surface area contributed by atoms with Gasteiger partial charge in [0.1, 0.15) is 16.8 Å². The number of thiophene rings is 1. The molecule has 0 saturated carbocycles. The summed E-state index contributed by atoms with van der Waals surface area (Å²) in [4.78, 5) is 12.2. The fourth-order valence-corrected chi connectivity index (χ4v) is 3.93. The van der Waals surface area contributed by atoms with Crippen molar-refractivity contribution in [2.75, 3.05) is 18.2 Å². The summed E-state index contributed by atoms with van der Waals surface area (Å²) in [7, 11) is 1.62. The molecule has 0 radical (unpaired) electrons. The molecule has 2 heterocycles. The normalized spacial score (nSPS) is 10.3. The number of benzene rings is 1. The molecule has 1 aromatic carbocycles. The molecule has 0 spiro atoms. The molecule has 7 nitrogen and oxygen atoms in total. The number of hydrogen-bond acceptors (Lipinski definition) is 7. The van der Waals surface area contributed by atoms with Gasteiger partial charge in [-0.15, -0.1) is 28.1 Å². The number of nitrogens with one attached hydrogen (secondary N) is 1. The third-order valence-corrected chi connectivity index (χ3v) is 5.54. The van der Waals surface area contributed by atoms with E-state index in [1.807, 2.05) is 28.8 Å². The van der Waals surface area contributed by atoms with Gasteiger partial charge in [-0.25, -0.2) is 0 Å². The van der Waals surface area contributed by atoms with Gasteiger partial charge in [-0.2, -0.15) is 5.26 Å². The Morgan fingerprint density at radius 3 is 2.86 bits per heavy atom. The van der Waals surface area contributed by atoms with Crippen molar-refractivity contribution >= 4 is 34.0 Å². The van der Waals surface area contributed by atoms with E-state index in [4.69, 9.17) is 10.00 Å². The van der Waals surface area contributed by atoms with Gasteiger partial charge in [0, 0.05) is 12.1 Å². The maximum Gasteiger partial charge on any atom is 0.235 e. The SMILES string of the molecule is C=CCn1c(SCC(=O)Nc2sccc2C#N)nnc1-c1ccc(OC)cc1. The fourth-order valence-electron chi connectivity index (χ4n) is 2.43. The topological polar surface area (TPSA) is 92.8 Å². The maximum atomic E-state index is 12.2. The van der Waals surface area contributed by atoms with Crippen molar-refractivity contribution < 1.29 is 9.53 Å². The second-order valence-corrected chi connectivity index (χ2v) is 7.40. The summed E-state index contributed by atoms with van der Waals surface area (Å²) < 4.78 is 7.09. The zero-order valence-electron chi connectivity index (χ0n) is 15.1. The quantitative estimate of drug-likeness (QED) is 0.448. The van der Waals surface area contributed by atoms with Crippen molar-refractivity contribution in [3.8, 4) is 23.2 Å². The minimum Gasteiger partial charge on any atom is -0.497 e. The number of nitriles is 1. The maximum absolute atomic E-state index is 12.2. The van der Waals surface area contributed by atoms with Gasteiger partial charge in [0.25, 0.3) is 0 Å². The highest BCUT2D eigenvalue weighted by atomic mass is 32.2. The lowest BCUT2D eigenvalue weighted by Crippen LogP contribution is -2.14. The highest BCUT2D eigenvalue weighted by molar-refractivity contribution is 7.99. The molecule has 0 aliphatic carbocycles. The van der Waals surface area contributed by atoms with Crippen LogP contribution in [0.2, 0.25) is 0 Å². The van der Waals surface area contributed by atoms with Crippen LogP contribution in [0.25, 0.3) is 11.4 Å². The molecule has 28 heavy (non-hydrogen) atoms. The Morgan fingerprint density at radius 1 is 1.39 bits per heavy atom. The van der Waals surface area contributed by atoms with Crippen LogP contribution in [0, 0.1) is 11.3 Å². The van der Waals surface area contributed by atoms with Crippen LogP contribution < -0.4 is 10.1 Å². The molecule has 3 aromatic rings. The number of methoxy groups -OCH3 is 1. The molecule has 0 aliphatic heterocycles. The van der Waals surface area contributed by atoms with Crippen LogP contribution in [0.4, 0.5) is 5.00 Å². The molecule has 1 amide bonds. The van der Waals surface area contributed by atoms with Gasteiger partial charge in [0.05, 0.1) is 18.4 Å². The number of thioether (sulfide) groups is 1. The summed E-state index contributed by atoms with van der Waals surface area (Å²) in [5.74, 6) is 1.40. The van der Waals surface area contributed by atoms with Gasteiger partial charge in [-0.05, 0) is 35.7 Å². The molecule has 2 aromatic heterocycles. The van der Waals surface area contributed by atoms with E-state index in [0.29, 0.717) is 28.1 Å². The Balaban J connectivity index is 1.73. The third-order valence-electron chi connectivity index (χ3n) is 3.75. The highest BCUT2D eigenvalue weighted by Crippen LogP contribution is 2.27. The molecule has 0 aliphatic rings. The number of carbonyl (C=O) groups is 1. The molecule has 0 unspecified atom stereocenters. The van der Waals surface area contributed by atoms with Gasteiger partial charge in [0.15, 0.2) is 11.0 Å². The first-order chi connectivity index (χ1) is 13.7. The third kappa shape index (κ3) is 4.42. The molecule has 3 rings (SSSR count). The van der Waals surface area contributed by atoms with Gasteiger partial charge in [-0.1, -0.05) is 17.8 Å². The van der Waals surface area contributed by atoms with E-state index in [9.17, 15) is 4.79 Å². The van der Waals surface area contributed by atoms with E-state index in [1.165, 1.54) is 23.1 Å². The number of rotatable bonds is 8. The largest absolute Gasteiger partial charge is 0.497 e. The second-order valence-electron chi connectivity index (χ2n) is 5.55. The van der Waals surface area contributed by atoms with E-state index in [1.54, 1.807) is 24.6 Å². The lowest BCUT2D eigenvalue weighted by atomic mass is 10.2. The number of carbonyl (C=O) groups excluding carboxylic acids is 1. The minimum atomic E-state index is -0.205. The Kier molecular flexibility index (Phi) is 6.47. The molecule has 0 atom stereocenters. The first kappa shape index (κ1) is 19.7. The Bertz CT molecular complexity index is 1020. The first-order valence-electron chi connectivity index (χ1n) is 8.25. The summed E-state index contributed by atoms with van der Waals surface area (Å²) in [6.45, 7) is 4.30. The van der Waals surface area contributed by atoms with Crippen molar-refractivity contribution in [2.45, 2.75) is 11.7 Å². The number of amides is 1. The van der Waals surface area contributed by atoms with Crippen molar-refractivity contribution in [1.82, 2.24) is 14.8 Å². The standard InChI is InChI=1S/C19H17N5O2S2/c1-3-9-24-17(13-4-6-15(26-2)7-5-13)22-23-19(24)28-12-16(25)21-18-14(11-20)8-10-27-18/h3-8,10H,1,9,12H2,2H3,(H,21,25). The Labute approximate surface area is 170 Å². The highest BCUT2D eigenvalue weighted by Gasteiger charge is 2.16. The number of nitrogens with zero attached hydrogens (tertiary/aromatic N) is 4. The van der Waals surface area contributed by atoms with Crippen LogP contribution in [0.15, 0.2) is 53.5 Å². The molecule has 1 N–H and O–H groups in total. The van der Waals surface area contributed by atoms with Crippen LogP contribution in [-0.4, -0.2) is 33.5 Å². The summed E-state index contributed by atoms with van der Waals surface area (Å²) in [6.07, 6.45) is 1.76. The predicted octanol–water partition coefficient (Wildman–Crippen LogP) is 3.80. The molecular formula is C19H17N5O2S2. The van der Waals surface area contributed by atoms with Gasteiger partial charge in [0.2, 0.25) is 5.91 Å². The van der Waals surface area contributed by atoms with Gasteiger partial charge < -0.3 is 10.1 Å². The molecule has 142 valence electrons. The van der Waals surface area contributed by atoms with Gasteiger partial charge >= 0.3 is 0 Å². The molecule has 0 fully saturated rings. The van der Waals surface area contributed by atoms with Crippen molar-refractivity contribution in [3.63, 3.8) is 0 Å². The van der Waals surface area contributed by atoms with E-state index >= 15 is 0 Å². The average molecular weight is 412 g/mol. The first-order valence-corrected chi connectivity index (χ1v) is 10.1. The Morgan fingerprint density at radius 2 is 2.18 bits per heavy atom. The van der Waals surface area contributed by atoms with Crippen molar-refractivity contribution in [2.24, 2.45) is 0 Å². The molecule has 9 heteroatoms. The molecule has 0 bridgehead atoms. The van der Waals surface area contributed by atoms with E-state index in [2.05, 4.69) is 28.2 Å². The van der Waals surface area contributed by atoms with Crippen molar-refractivity contribution in [3.05, 3.63) is 53.9 Å². The lowest BCUT2D eigenvalue weighted by molar-refractivity contribution is -0.113. The second kappa shape index (κ2) is 9.21. The minimum absolute atomic E-state index is 0.153. The number of aromatic nitrogens is 3. The van der Waals surface area contributed by atoms with Crippen LogP contribution in [-0.2, 0) is 11.3 Å². The van der Waals surface area contributed by atoms with Crippen LogP contribution in [0.1, 0.15) is 5.56 Å². The zero-order valence-corrected chi connectivity index (χ0v) is 16.7. The summed E-state index contributed by atoms with van der Waals surface area (Å²) in [5, 5.41) is 23.2. The number of hydrogen-bond donors (Lipinski definition) is 1. The number of ether oxygens (including phenoxy) is 1. The van der Waals surface area contributed by atoms with E-state index in [-0.39, 0.29) is 11.7 Å². The fraction of sp³-hybridized carbons (Fsp3) is 0.158. The molecule has 0 saturated heterocycles. The number of anilines is 1. The van der Waals surface area contributed by atoms with E-state index in [0.717, 1.165) is 11.3 Å². The summed E-state index contributed by atoms with van der Waals surface area (Å²) in [6, 6.07) is 11.3. The van der Waals surface area contributed by atoms with Gasteiger partial charge in [-0.3, -0.25) is 9.36 Å². The van der Waals surface area contributed by atoms with Crippen molar-refractivity contribution in [1.29, 1.82) is 5.26 Å². The summed E-state index contributed by atoms with van der Waals surface area (Å²) >= 11 is 2.60. The van der Waals surface area contributed by atoms with Crippen LogP contribution in [0.5, 0.6) is 5.75 Å². The van der Waals surface area contributed by atoms with Crippen LogP contribution in [0.3, 0.4) is 0 Å². The average Bonchev–Trinajstić information content (AvgIpc) is 3.33. The summed E-state index contributed by atoms with van der Waals surface area (Å²) in [5.41, 5.74) is 1.35. The molecular weight excluding hydrogens is 394 g/mol.